The Morgan fingerprint density at radius 1 is 1.57 bits per heavy atom. The number of phenolic OH excluding ortho intramolecular Hbond substituents is 1. The molecule has 0 aliphatic heterocycles. The monoisotopic (exact) mass is 261 g/mol. The van der Waals surface area contributed by atoms with Crippen molar-refractivity contribution < 1.29 is 14.9 Å². The van der Waals surface area contributed by atoms with Gasteiger partial charge in [-0.1, -0.05) is 15.9 Å². The standard InChI is InChI=1S/C9H12BrNO3/c1-14-8-3-5(10)2-6(9(8)13)7(11)4-12/h2-3,7,12-13H,4,11H2,1H3/t7-/m0/s1. The maximum atomic E-state index is 9.68. The molecule has 4 nitrogen and oxygen atoms in total. The Morgan fingerprint density at radius 2 is 2.21 bits per heavy atom. The predicted octanol–water partition coefficient (Wildman–Crippen LogP) is 1.16. The second-order valence-corrected chi connectivity index (χ2v) is 3.75. The Balaban J connectivity index is 3.21. The van der Waals surface area contributed by atoms with Crippen molar-refractivity contribution >= 4 is 15.9 Å². The molecular weight excluding hydrogens is 250 g/mol. The summed E-state index contributed by atoms with van der Waals surface area (Å²) >= 11 is 3.26. The van der Waals surface area contributed by atoms with E-state index in [0.29, 0.717) is 11.3 Å². The Morgan fingerprint density at radius 3 is 2.71 bits per heavy atom. The first kappa shape index (κ1) is 11.3. The lowest BCUT2D eigenvalue weighted by molar-refractivity contribution is 0.264. The van der Waals surface area contributed by atoms with Crippen LogP contribution in [0.25, 0.3) is 0 Å². The van der Waals surface area contributed by atoms with E-state index in [0.717, 1.165) is 4.47 Å². The molecular formula is C9H12BrNO3. The maximum absolute atomic E-state index is 9.68. The third-order valence-corrected chi connectivity index (χ3v) is 2.34. The van der Waals surface area contributed by atoms with E-state index < -0.39 is 6.04 Å². The van der Waals surface area contributed by atoms with Gasteiger partial charge in [-0.15, -0.1) is 0 Å². The van der Waals surface area contributed by atoms with Gasteiger partial charge in [0.05, 0.1) is 19.8 Å². The number of hydrogen-bond acceptors (Lipinski definition) is 4. The fraction of sp³-hybridized carbons (Fsp3) is 0.333. The molecule has 1 atom stereocenters. The predicted molar refractivity (Wildman–Crippen MR) is 56.4 cm³/mol. The molecule has 0 unspecified atom stereocenters. The SMILES string of the molecule is COc1cc(Br)cc([C@@H](N)CO)c1O. The van der Waals surface area contributed by atoms with Crippen LogP contribution < -0.4 is 10.5 Å². The lowest BCUT2D eigenvalue weighted by Gasteiger charge is -2.13. The number of rotatable bonds is 3. The fourth-order valence-corrected chi connectivity index (χ4v) is 1.59. The van der Waals surface area contributed by atoms with Gasteiger partial charge >= 0.3 is 0 Å². The minimum atomic E-state index is -0.610. The van der Waals surface area contributed by atoms with Crippen molar-refractivity contribution in [2.45, 2.75) is 6.04 Å². The first-order valence-electron chi connectivity index (χ1n) is 4.03. The van der Waals surface area contributed by atoms with Crippen LogP contribution in [0.15, 0.2) is 16.6 Å². The number of aromatic hydroxyl groups is 1. The molecule has 0 bridgehead atoms. The third-order valence-electron chi connectivity index (χ3n) is 1.89. The van der Waals surface area contributed by atoms with Crippen molar-refractivity contribution in [1.82, 2.24) is 0 Å². The number of nitrogens with two attached hydrogens (primary N) is 1. The minimum Gasteiger partial charge on any atom is -0.504 e. The summed E-state index contributed by atoms with van der Waals surface area (Å²) in [7, 11) is 1.45. The molecule has 0 fully saturated rings. The number of methoxy groups -OCH3 is 1. The number of hydrogen-bond donors (Lipinski definition) is 3. The van der Waals surface area contributed by atoms with Gasteiger partial charge in [0.1, 0.15) is 0 Å². The molecule has 4 N–H and O–H groups in total. The molecule has 0 aliphatic carbocycles. The van der Waals surface area contributed by atoms with E-state index in [1.54, 1.807) is 12.1 Å². The van der Waals surface area contributed by atoms with Crippen LogP contribution >= 0.6 is 15.9 Å². The van der Waals surface area contributed by atoms with Crippen LogP contribution in [0.3, 0.4) is 0 Å². The van der Waals surface area contributed by atoms with Crippen LogP contribution in [0.4, 0.5) is 0 Å². The number of phenols is 1. The Hall–Kier alpha value is -0.780. The van der Waals surface area contributed by atoms with Crippen molar-refractivity contribution in [3.63, 3.8) is 0 Å². The maximum Gasteiger partial charge on any atom is 0.162 e. The summed E-state index contributed by atoms with van der Waals surface area (Å²) in [5.74, 6) is 0.301. The van der Waals surface area contributed by atoms with Gasteiger partial charge in [0.2, 0.25) is 0 Å². The molecule has 0 radical (unpaired) electrons. The molecule has 0 aromatic heterocycles. The summed E-state index contributed by atoms with van der Waals surface area (Å²) in [6.45, 7) is -0.229. The van der Waals surface area contributed by atoms with E-state index in [2.05, 4.69) is 15.9 Å². The number of aliphatic hydroxyl groups excluding tert-OH is 1. The lowest BCUT2D eigenvalue weighted by Crippen LogP contribution is -2.14. The van der Waals surface area contributed by atoms with Crippen molar-refractivity contribution in [2.24, 2.45) is 5.73 Å². The molecule has 0 spiro atoms. The van der Waals surface area contributed by atoms with Gasteiger partial charge in [-0.3, -0.25) is 0 Å². The van der Waals surface area contributed by atoms with Gasteiger partial charge in [0.15, 0.2) is 11.5 Å². The smallest absolute Gasteiger partial charge is 0.162 e. The summed E-state index contributed by atoms with van der Waals surface area (Å²) in [4.78, 5) is 0. The summed E-state index contributed by atoms with van der Waals surface area (Å²) in [5, 5.41) is 18.6. The van der Waals surface area contributed by atoms with E-state index in [1.165, 1.54) is 7.11 Å². The van der Waals surface area contributed by atoms with Gasteiger partial charge in [0.25, 0.3) is 0 Å². The highest BCUT2D eigenvalue weighted by atomic mass is 79.9. The van der Waals surface area contributed by atoms with Crippen LogP contribution in [0.1, 0.15) is 11.6 Å². The molecule has 78 valence electrons. The summed E-state index contributed by atoms with van der Waals surface area (Å²) in [6.07, 6.45) is 0. The summed E-state index contributed by atoms with van der Waals surface area (Å²) in [5.41, 5.74) is 6.06. The van der Waals surface area contributed by atoms with Gasteiger partial charge in [0, 0.05) is 10.0 Å². The van der Waals surface area contributed by atoms with E-state index in [1.807, 2.05) is 0 Å². The van der Waals surface area contributed by atoms with Crippen LogP contribution in [0.2, 0.25) is 0 Å². The van der Waals surface area contributed by atoms with E-state index >= 15 is 0 Å². The number of halogens is 1. The fourth-order valence-electron chi connectivity index (χ4n) is 1.13. The van der Waals surface area contributed by atoms with Crippen molar-refractivity contribution in [2.75, 3.05) is 13.7 Å². The Kier molecular flexibility index (Phi) is 3.74. The Bertz CT molecular complexity index is 330. The second-order valence-electron chi connectivity index (χ2n) is 2.83. The topological polar surface area (TPSA) is 75.7 Å². The zero-order chi connectivity index (χ0) is 10.7. The van der Waals surface area contributed by atoms with Gasteiger partial charge in [-0.05, 0) is 12.1 Å². The highest BCUT2D eigenvalue weighted by Crippen LogP contribution is 2.35. The van der Waals surface area contributed by atoms with E-state index in [4.69, 9.17) is 15.6 Å². The number of benzene rings is 1. The van der Waals surface area contributed by atoms with Crippen molar-refractivity contribution in [3.8, 4) is 11.5 Å². The molecule has 1 aromatic rings. The normalized spacial score (nSPS) is 12.6. The van der Waals surface area contributed by atoms with Crippen LogP contribution in [0.5, 0.6) is 11.5 Å². The molecule has 0 amide bonds. The molecule has 0 saturated heterocycles. The highest BCUT2D eigenvalue weighted by molar-refractivity contribution is 9.10. The molecule has 1 rings (SSSR count). The quantitative estimate of drug-likeness (QED) is 0.763. The van der Waals surface area contributed by atoms with Gasteiger partial charge in [-0.25, -0.2) is 0 Å². The molecule has 5 heteroatoms. The molecule has 0 heterocycles. The first-order chi connectivity index (χ1) is 6.60. The third kappa shape index (κ3) is 2.17. The number of ether oxygens (including phenoxy) is 1. The van der Waals surface area contributed by atoms with Gasteiger partial charge in [-0.2, -0.15) is 0 Å². The first-order valence-corrected chi connectivity index (χ1v) is 4.82. The second kappa shape index (κ2) is 4.63. The zero-order valence-electron chi connectivity index (χ0n) is 7.70. The largest absolute Gasteiger partial charge is 0.504 e. The van der Waals surface area contributed by atoms with Crippen LogP contribution in [-0.4, -0.2) is 23.9 Å². The highest BCUT2D eigenvalue weighted by Gasteiger charge is 2.15. The molecule has 14 heavy (non-hydrogen) atoms. The number of aliphatic hydroxyl groups is 1. The average Bonchev–Trinajstić information content (AvgIpc) is 2.19. The molecule has 0 saturated carbocycles. The summed E-state index contributed by atoms with van der Waals surface area (Å²) in [6, 6.07) is 2.67. The average molecular weight is 262 g/mol. The van der Waals surface area contributed by atoms with Crippen LogP contribution in [-0.2, 0) is 0 Å². The Labute approximate surface area is 90.4 Å². The van der Waals surface area contributed by atoms with E-state index in [9.17, 15) is 5.11 Å². The molecule has 0 aliphatic rings. The zero-order valence-corrected chi connectivity index (χ0v) is 9.28. The van der Waals surface area contributed by atoms with E-state index in [-0.39, 0.29) is 12.4 Å². The van der Waals surface area contributed by atoms with Crippen LogP contribution in [0, 0.1) is 0 Å². The van der Waals surface area contributed by atoms with Gasteiger partial charge < -0.3 is 20.7 Å². The van der Waals surface area contributed by atoms with Crippen molar-refractivity contribution in [1.29, 1.82) is 0 Å². The minimum absolute atomic E-state index is 0.0303. The molecule has 1 aromatic carbocycles. The summed E-state index contributed by atoms with van der Waals surface area (Å²) < 4.78 is 5.69. The van der Waals surface area contributed by atoms with Crippen molar-refractivity contribution in [3.05, 3.63) is 22.2 Å². The lowest BCUT2D eigenvalue weighted by atomic mass is 10.1.